The Labute approximate surface area is 106 Å². The molecule has 1 aromatic carbocycles. The van der Waals surface area contributed by atoms with Crippen LogP contribution in [0.4, 0.5) is 0 Å². The standard InChI is InChI=1S/C16H26O/c1-3-4-5-7-10-15(2)13-17-14-16-11-8-6-9-12-16/h6,8-9,11-12,15H,3-5,7,10,13-14H2,1-2H3. The van der Waals surface area contributed by atoms with Gasteiger partial charge in [0.15, 0.2) is 0 Å². The van der Waals surface area contributed by atoms with Gasteiger partial charge in [-0.2, -0.15) is 0 Å². The summed E-state index contributed by atoms with van der Waals surface area (Å²) in [6.07, 6.45) is 6.72. The molecule has 0 N–H and O–H groups in total. The predicted octanol–water partition coefficient (Wildman–Crippen LogP) is 4.81. The quantitative estimate of drug-likeness (QED) is 0.557. The van der Waals surface area contributed by atoms with Crippen LogP contribution in [0.25, 0.3) is 0 Å². The number of hydrogen-bond acceptors (Lipinski definition) is 1. The van der Waals surface area contributed by atoms with Gasteiger partial charge in [-0.25, -0.2) is 0 Å². The Morgan fingerprint density at radius 2 is 1.82 bits per heavy atom. The highest BCUT2D eigenvalue weighted by molar-refractivity contribution is 5.13. The van der Waals surface area contributed by atoms with E-state index in [9.17, 15) is 0 Å². The SMILES string of the molecule is CCCCCCC(C)COCc1ccccc1. The molecule has 0 aliphatic heterocycles. The third kappa shape index (κ3) is 7.17. The average molecular weight is 234 g/mol. The zero-order valence-electron chi connectivity index (χ0n) is 11.3. The van der Waals surface area contributed by atoms with Crippen LogP contribution in [0.2, 0.25) is 0 Å². The van der Waals surface area contributed by atoms with E-state index in [0.717, 1.165) is 13.2 Å². The van der Waals surface area contributed by atoms with Crippen molar-refractivity contribution in [2.75, 3.05) is 6.61 Å². The summed E-state index contributed by atoms with van der Waals surface area (Å²) in [6.45, 7) is 6.19. The van der Waals surface area contributed by atoms with E-state index in [-0.39, 0.29) is 0 Å². The van der Waals surface area contributed by atoms with Crippen molar-refractivity contribution in [3.8, 4) is 0 Å². The van der Waals surface area contributed by atoms with Crippen LogP contribution in [0.1, 0.15) is 51.5 Å². The Morgan fingerprint density at radius 3 is 2.53 bits per heavy atom. The topological polar surface area (TPSA) is 9.23 Å². The lowest BCUT2D eigenvalue weighted by Crippen LogP contribution is -2.06. The molecule has 17 heavy (non-hydrogen) atoms. The Morgan fingerprint density at radius 1 is 1.06 bits per heavy atom. The van der Waals surface area contributed by atoms with E-state index >= 15 is 0 Å². The van der Waals surface area contributed by atoms with E-state index in [0.29, 0.717) is 5.92 Å². The molecule has 0 radical (unpaired) electrons. The number of unbranched alkanes of at least 4 members (excludes halogenated alkanes) is 3. The van der Waals surface area contributed by atoms with Crippen LogP contribution in [-0.2, 0) is 11.3 Å². The zero-order valence-corrected chi connectivity index (χ0v) is 11.3. The molecule has 1 nitrogen and oxygen atoms in total. The fourth-order valence-corrected chi connectivity index (χ4v) is 1.96. The highest BCUT2D eigenvalue weighted by Crippen LogP contribution is 2.11. The van der Waals surface area contributed by atoms with Gasteiger partial charge in [-0.3, -0.25) is 0 Å². The first-order valence-electron chi connectivity index (χ1n) is 6.94. The molecule has 0 fully saturated rings. The van der Waals surface area contributed by atoms with E-state index in [1.54, 1.807) is 0 Å². The van der Waals surface area contributed by atoms with E-state index in [1.807, 2.05) is 6.07 Å². The van der Waals surface area contributed by atoms with Crippen LogP contribution in [0.5, 0.6) is 0 Å². The lowest BCUT2D eigenvalue weighted by atomic mass is 10.0. The molecule has 0 saturated heterocycles. The normalized spacial score (nSPS) is 12.6. The smallest absolute Gasteiger partial charge is 0.0717 e. The molecule has 0 amide bonds. The van der Waals surface area contributed by atoms with Gasteiger partial charge in [-0.1, -0.05) is 69.9 Å². The average Bonchev–Trinajstić information content (AvgIpc) is 2.36. The van der Waals surface area contributed by atoms with Crippen LogP contribution in [-0.4, -0.2) is 6.61 Å². The minimum absolute atomic E-state index is 0.690. The lowest BCUT2D eigenvalue weighted by Gasteiger charge is -2.11. The predicted molar refractivity (Wildman–Crippen MR) is 74.0 cm³/mol. The van der Waals surface area contributed by atoms with Gasteiger partial charge in [0, 0.05) is 6.61 Å². The summed E-state index contributed by atoms with van der Waals surface area (Å²) in [5.74, 6) is 0.690. The van der Waals surface area contributed by atoms with Crippen molar-refractivity contribution in [2.45, 2.75) is 52.6 Å². The van der Waals surface area contributed by atoms with Crippen molar-refractivity contribution < 1.29 is 4.74 Å². The van der Waals surface area contributed by atoms with Gasteiger partial charge in [-0.15, -0.1) is 0 Å². The first-order valence-corrected chi connectivity index (χ1v) is 6.94. The molecule has 1 heteroatoms. The monoisotopic (exact) mass is 234 g/mol. The maximum Gasteiger partial charge on any atom is 0.0717 e. The number of hydrogen-bond donors (Lipinski definition) is 0. The van der Waals surface area contributed by atoms with Gasteiger partial charge >= 0.3 is 0 Å². The Hall–Kier alpha value is -0.820. The summed E-state index contributed by atoms with van der Waals surface area (Å²) in [4.78, 5) is 0. The summed E-state index contributed by atoms with van der Waals surface area (Å²) >= 11 is 0. The molecule has 0 heterocycles. The fraction of sp³-hybridized carbons (Fsp3) is 0.625. The molecule has 0 bridgehead atoms. The van der Waals surface area contributed by atoms with E-state index in [2.05, 4.69) is 38.1 Å². The summed E-state index contributed by atoms with van der Waals surface area (Å²) in [7, 11) is 0. The molecule has 0 spiro atoms. The van der Waals surface area contributed by atoms with Gasteiger partial charge < -0.3 is 4.74 Å². The van der Waals surface area contributed by atoms with Gasteiger partial charge in [-0.05, 0) is 17.9 Å². The molecule has 0 aliphatic rings. The molecule has 1 atom stereocenters. The zero-order chi connectivity index (χ0) is 12.3. The highest BCUT2D eigenvalue weighted by atomic mass is 16.5. The fourth-order valence-electron chi connectivity index (χ4n) is 1.96. The summed E-state index contributed by atoms with van der Waals surface area (Å²) in [5.41, 5.74) is 1.27. The molecule has 0 aromatic heterocycles. The van der Waals surface area contributed by atoms with E-state index in [1.165, 1.54) is 37.7 Å². The van der Waals surface area contributed by atoms with E-state index in [4.69, 9.17) is 4.74 Å². The van der Waals surface area contributed by atoms with Crippen LogP contribution in [0.15, 0.2) is 30.3 Å². The van der Waals surface area contributed by atoms with Crippen molar-refractivity contribution in [1.82, 2.24) is 0 Å². The second-order valence-electron chi connectivity index (χ2n) is 4.96. The van der Waals surface area contributed by atoms with Crippen LogP contribution in [0.3, 0.4) is 0 Å². The Balaban J connectivity index is 2.02. The molecular weight excluding hydrogens is 208 g/mol. The lowest BCUT2D eigenvalue weighted by molar-refractivity contribution is 0.0887. The number of rotatable bonds is 9. The molecule has 0 aliphatic carbocycles. The van der Waals surface area contributed by atoms with Crippen molar-refractivity contribution >= 4 is 0 Å². The first-order chi connectivity index (χ1) is 8.33. The molecular formula is C16H26O. The third-order valence-electron chi connectivity index (χ3n) is 3.06. The maximum absolute atomic E-state index is 5.74. The minimum atomic E-state index is 0.690. The van der Waals surface area contributed by atoms with Crippen molar-refractivity contribution in [3.05, 3.63) is 35.9 Å². The second-order valence-corrected chi connectivity index (χ2v) is 4.96. The van der Waals surface area contributed by atoms with Gasteiger partial charge in [0.05, 0.1) is 6.61 Å². The summed E-state index contributed by atoms with van der Waals surface area (Å²) in [5, 5.41) is 0. The highest BCUT2D eigenvalue weighted by Gasteiger charge is 2.02. The molecule has 1 aromatic rings. The molecule has 0 saturated carbocycles. The summed E-state index contributed by atoms with van der Waals surface area (Å²) in [6, 6.07) is 10.4. The second kappa shape index (κ2) is 9.23. The third-order valence-corrected chi connectivity index (χ3v) is 3.06. The minimum Gasteiger partial charge on any atom is -0.376 e. The van der Waals surface area contributed by atoms with Crippen LogP contribution < -0.4 is 0 Å². The van der Waals surface area contributed by atoms with E-state index < -0.39 is 0 Å². The number of benzene rings is 1. The van der Waals surface area contributed by atoms with Crippen molar-refractivity contribution in [3.63, 3.8) is 0 Å². The molecule has 96 valence electrons. The van der Waals surface area contributed by atoms with Gasteiger partial charge in [0.25, 0.3) is 0 Å². The molecule has 1 unspecified atom stereocenters. The molecule has 1 rings (SSSR count). The van der Waals surface area contributed by atoms with Gasteiger partial charge in [0.2, 0.25) is 0 Å². The van der Waals surface area contributed by atoms with Crippen molar-refractivity contribution in [2.24, 2.45) is 5.92 Å². The number of ether oxygens (including phenoxy) is 1. The van der Waals surface area contributed by atoms with Crippen LogP contribution >= 0.6 is 0 Å². The first kappa shape index (κ1) is 14.2. The Kier molecular flexibility index (Phi) is 7.74. The maximum atomic E-state index is 5.74. The largest absolute Gasteiger partial charge is 0.376 e. The van der Waals surface area contributed by atoms with Crippen LogP contribution in [0, 0.1) is 5.92 Å². The van der Waals surface area contributed by atoms with Crippen molar-refractivity contribution in [1.29, 1.82) is 0 Å². The summed E-state index contributed by atoms with van der Waals surface area (Å²) < 4.78 is 5.74. The Bertz CT molecular complexity index is 268. The van der Waals surface area contributed by atoms with Gasteiger partial charge in [0.1, 0.15) is 0 Å².